The van der Waals surface area contributed by atoms with Gasteiger partial charge in [0.2, 0.25) is 11.8 Å². The minimum absolute atomic E-state index is 0.131. The molecule has 1 spiro atoms. The van der Waals surface area contributed by atoms with E-state index in [0.717, 1.165) is 10.8 Å². The van der Waals surface area contributed by atoms with Crippen molar-refractivity contribution in [3.05, 3.63) is 67.8 Å². The maximum atomic E-state index is 14.8. The zero-order valence-electron chi connectivity index (χ0n) is 24.5. The number of rotatable bonds is 10. The summed E-state index contributed by atoms with van der Waals surface area (Å²) in [6.45, 7) is 13.7. The molecule has 0 radical (unpaired) electrons. The average Bonchev–Trinajstić information content (AvgIpc) is 3.52. The molecule has 3 amide bonds. The minimum Gasteiger partial charge on any atom is -0.394 e. The van der Waals surface area contributed by atoms with Crippen molar-refractivity contribution in [2.24, 2.45) is 17.8 Å². The van der Waals surface area contributed by atoms with E-state index in [4.69, 9.17) is 4.74 Å². The van der Waals surface area contributed by atoms with Crippen molar-refractivity contribution in [1.29, 1.82) is 0 Å². The van der Waals surface area contributed by atoms with E-state index in [2.05, 4.69) is 13.2 Å². The highest BCUT2D eigenvalue weighted by atomic mass is 16.5. The van der Waals surface area contributed by atoms with E-state index in [1.54, 1.807) is 33.9 Å². The number of likely N-dealkylation sites (tertiary alicyclic amines) is 1. The molecule has 0 saturated carbocycles. The van der Waals surface area contributed by atoms with Gasteiger partial charge in [0.1, 0.15) is 11.6 Å². The molecule has 2 aromatic carbocycles. The van der Waals surface area contributed by atoms with Crippen LogP contribution in [0.1, 0.15) is 33.6 Å². The molecule has 2 aromatic rings. The number of likely N-dealkylation sites (N-methyl/N-ethyl adjacent to an activating group) is 1. The Morgan fingerprint density at radius 3 is 2.41 bits per heavy atom. The van der Waals surface area contributed by atoms with Crippen LogP contribution in [-0.4, -0.2) is 82.7 Å². The van der Waals surface area contributed by atoms with Crippen LogP contribution in [0, 0.1) is 17.8 Å². The van der Waals surface area contributed by atoms with E-state index in [1.807, 2.05) is 63.2 Å². The molecule has 0 aromatic heterocycles. The second kappa shape index (κ2) is 10.7. The first-order chi connectivity index (χ1) is 19.5. The van der Waals surface area contributed by atoms with E-state index in [1.165, 1.54) is 0 Å². The number of hydrogen-bond acceptors (Lipinski definition) is 5. The number of ether oxygens (including phenoxy) is 1. The van der Waals surface area contributed by atoms with Gasteiger partial charge in [-0.15, -0.1) is 13.2 Å². The van der Waals surface area contributed by atoms with Gasteiger partial charge in [0.25, 0.3) is 5.91 Å². The lowest BCUT2D eigenvalue weighted by molar-refractivity contribution is -0.152. The number of carbonyl (C=O) groups excluding carboxylic acids is 3. The van der Waals surface area contributed by atoms with Gasteiger partial charge in [0.15, 0.2) is 0 Å². The van der Waals surface area contributed by atoms with E-state index in [0.29, 0.717) is 25.1 Å². The Morgan fingerprint density at radius 1 is 1.10 bits per heavy atom. The Kier molecular flexibility index (Phi) is 7.59. The number of aliphatic hydroxyl groups is 1. The van der Waals surface area contributed by atoms with Gasteiger partial charge in [-0.05, 0) is 48.6 Å². The van der Waals surface area contributed by atoms with Crippen molar-refractivity contribution >= 4 is 34.2 Å². The van der Waals surface area contributed by atoms with Crippen LogP contribution < -0.4 is 4.90 Å². The predicted molar refractivity (Wildman–Crippen MR) is 159 cm³/mol. The molecule has 0 aliphatic carbocycles. The zero-order valence-corrected chi connectivity index (χ0v) is 24.5. The van der Waals surface area contributed by atoms with Crippen LogP contribution >= 0.6 is 0 Å². The highest BCUT2D eigenvalue weighted by Crippen LogP contribution is 2.64. The Hall–Kier alpha value is -3.49. The molecule has 3 aliphatic heterocycles. The summed E-state index contributed by atoms with van der Waals surface area (Å²) in [5.74, 6) is -2.50. The molecule has 3 heterocycles. The molecule has 2 unspecified atom stereocenters. The van der Waals surface area contributed by atoms with E-state index in [9.17, 15) is 19.5 Å². The number of fused-ring (bicyclic) bond motifs is 2. The lowest BCUT2D eigenvalue weighted by Crippen LogP contribution is -2.60. The minimum atomic E-state index is -1.18. The van der Waals surface area contributed by atoms with Gasteiger partial charge < -0.3 is 24.5 Å². The van der Waals surface area contributed by atoms with Crippen molar-refractivity contribution in [3.8, 4) is 0 Å². The van der Waals surface area contributed by atoms with E-state index >= 15 is 0 Å². The van der Waals surface area contributed by atoms with Crippen molar-refractivity contribution in [2.45, 2.75) is 56.9 Å². The number of carbonyl (C=O) groups is 3. The van der Waals surface area contributed by atoms with Gasteiger partial charge in [-0.3, -0.25) is 14.4 Å². The number of hydrogen-bond donors (Lipinski definition) is 1. The molecular weight excluding hydrogens is 518 g/mol. The van der Waals surface area contributed by atoms with Gasteiger partial charge in [0.05, 0.1) is 30.1 Å². The molecule has 1 N–H and O–H groups in total. The first-order valence-electron chi connectivity index (χ1n) is 14.4. The maximum absolute atomic E-state index is 14.8. The monoisotopic (exact) mass is 559 g/mol. The Balaban J connectivity index is 1.64. The van der Waals surface area contributed by atoms with Crippen LogP contribution in [0.2, 0.25) is 0 Å². The normalized spacial score (nSPS) is 29.1. The Labute approximate surface area is 242 Å². The first kappa shape index (κ1) is 29.0. The fourth-order valence-electron chi connectivity index (χ4n) is 7.46. The summed E-state index contributed by atoms with van der Waals surface area (Å²) in [6, 6.07) is 12.1. The van der Waals surface area contributed by atoms with Crippen molar-refractivity contribution in [2.75, 3.05) is 31.6 Å². The van der Waals surface area contributed by atoms with Gasteiger partial charge in [0, 0.05) is 25.8 Å². The molecule has 3 saturated heterocycles. The molecular formula is C33H41N3O5. The summed E-state index contributed by atoms with van der Waals surface area (Å²) >= 11 is 0. The number of amides is 3. The summed E-state index contributed by atoms with van der Waals surface area (Å²) in [5, 5.41) is 12.5. The van der Waals surface area contributed by atoms with Crippen molar-refractivity contribution < 1.29 is 24.2 Å². The predicted octanol–water partition coefficient (Wildman–Crippen LogP) is 3.78. The van der Waals surface area contributed by atoms with Gasteiger partial charge in [-0.25, -0.2) is 0 Å². The van der Waals surface area contributed by atoms with Gasteiger partial charge >= 0.3 is 0 Å². The molecule has 5 rings (SSSR count). The van der Waals surface area contributed by atoms with E-state index < -0.39 is 35.1 Å². The third-order valence-electron chi connectivity index (χ3n) is 9.43. The molecule has 3 fully saturated rings. The first-order valence-corrected chi connectivity index (χ1v) is 14.4. The molecule has 8 heteroatoms. The third-order valence-corrected chi connectivity index (χ3v) is 9.43. The Morgan fingerprint density at radius 2 is 1.78 bits per heavy atom. The lowest BCUT2D eigenvalue weighted by atomic mass is 9.66. The summed E-state index contributed by atoms with van der Waals surface area (Å²) in [5.41, 5.74) is -1.38. The fourth-order valence-corrected chi connectivity index (χ4v) is 7.46. The standard InChI is InChI=1S/C33H41N3O5/c1-7-17-34(6)29(38)26-27-30(39)36(25(20-37)21(3)4)28(33(27)16-15-32(26,5)41-33)31(40)35(18-8-2)24-14-13-22-11-9-10-12-23(22)19-24/h7-14,19,21,25-28,37H,1-2,15-18,20H2,3-6H3/t25-,26+,27-,28?,32-,33?/m0/s1. The summed E-state index contributed by atoms with van der Waals surface area (Å²) in [6.07, 6.45) is 4.34. The molecule has 8 nitrogen and oxygen atoms in total. The Bertz CT molecular complexity index is 1390. The molecule has 218 valence electrons. The van der Waals surface area contributed by atoms with Crippen LogP contribution in [0.5, 0.6) is 0 Å². The molecule has 2 bridgehead atoms. The highest BCUT2D eigenvalue weighted by Gasteiger charge is 2.79. The summed E-state index contributed by atoms with van der Waals surface area (Å²) in [4.78, 5) is 47.9. The lowest BCUT2D eigenvalue weighted by Gasteiger charge is -2.40. The topological polar surface area (TPSA) is 90.4 Å². The van der Waals surface area contributed by atoms with Gasteiger partial charge in [-0.2, -0.15) is 0 Å². The number of benzene rings is 2. The maximum Gasteiger partial charge on any atom is 0.253 e. The smallest absolute Gasteiger partial charge is 0.253 e. The van der Waals surface area contributed by atoms with Crippen molar-refractivity contribution in [3.63, 3.8) is 0 Å². The van der Waals surface area contributed by atoms with Crippen LogP contribution in [-0.2, 0) is 19.1 Å². The average molecular weight is 560 g/mol. The van der Waals surface area contributed by atoms with Crippen LogP contribution in [0.15, 0.2) is 67.8 Å². The number of nitrogens with zero attached hydrogens (tertiary/aromatic N) is 3. The van der Waals surface area contributed by atoms with Gasteiger partial charge in [-0.1, -0.05) is 56.3 Å². The van der Waals surface area contributed by atoms with Crippen LogP contribution in [0.3, 0.4) is 0 Å². The quantitative estimate of drug-likeness (QED) is 0.448. The highest BCUT2D eigenvalue weighted by molar-refractivity contribution is 6.06. The van der Waals surface area contributed by atoms with E-state index in [-0.39, 0.29) is 36.8 Å². The van der Waals surface area contributed by atoms with Crippen molar-refractivity contribution in [1.82, 2.24) is 9.80 Å². The summed E-state index contributed by atoms with van der Waals surface area (Å²) in [7, 11) is 1.70. The molecule has 6 atom stereocenters. The fraction of sp³-hybridized carbons (Fsp3) is 0.485. The second-order valence-electron chi connectivity index (χ2n) is 12.2. The van der Waals surface area contributed by atoms with Crippen LogP contribution in [0.4, 0.5) is 5.69 Å². The second-order valence-corrected chi connectivity index (χ2v) is 12.2. The molecule has 3 aliphatic rings. The number of anilines is 1. The third kappa shape index (κ3) is 4.39. The van der Waals surface area contributed by atoms with Crippen LogP contribution in [0.25, 0.3) is 10.8 Å². The number of aliphatic hydroxyl groups excluding tert-OH is 1. The SMILES string of the molecule is C=CCN(C)C(=O)[C@H]1[C@H]2C(=O)N([C@@H](CO)C(C)C)C(C(=O)N(CC=C)c3ccc4ccccc4c3)C23CC[C@]1(C)O3. The largest absolute Gasteiger partial charge is 0.394 e. The zero-order chi connectivity index (χ0) is 29.7. The summed E-state index contributed by atoms with van der Waals surface area (Å²) < 4.78 is 6.79. The molecule has 41 heavy (non-hydrogen) atoms.